The van der Waals surface area contributed by atoms with Gasteiger partial charge in [0.2, 0.25) is 0 Å². The number of H-pyrrole nitrogens is 1. The molecule has 0 bridgehead atoms. The summed E-state index contributed by atoms with van der Waals surface area (Å²) in [6, 6.07) is 7.38. The van der Waals surface area contributed by atoms with Gasteiger partial charge in [-0.15, -0.1) is 0 Å². The molecule has 0 spiro atoms. The van der Waals surface area contributed by atoms with Crippen LogP contribution in [0.3, 0.4) is 0 Å². The fourth-order valence-electron chi connectivity index (χ4n) is 2.32. The molecule has 1 aromatic heterocycles. The van der Waals surface area contributed by atoms with Crippen molar-refractivity contribution in [3.8, 4) is 0 Å². The molecule has 1 aliphatic rings. The SMILES string of the molecule is O=c1[nH]c(CSC(=S)N2CCCC2)nc2ccccc12. The summed E-state index contributed by atoms with van der Waals surface area (Å²) in [7, 11) is 0. The molecule has 104 valence electrons. The molecule has 1 saturated heterocycles. The van der Waals surface area contributed by atoms with E-state index in [0.29, 0.717) is 17.0 Å². The van der Waals surface area contributed by atoms with Crippen molar-refractivity contribution >= 4 is 39.2 Å². The van der Waals surface area contributed by atoms with E-state index in [0.717, 1.165) is 22.9 Å². The zero-order chi connectivity index (χ0) is 13.9. The second kappa shape index (κ2) is 5.93. The van der Waals surface area contributed by atoms with E-state index in [9.17, 15) is 4.79 Å². The van der Waals surface area contributed by atoms with E-state index in [1.165, 1.54) is 12.8 Å². The lowest BCUT2D eigenvalue weighted by Gasteiger charge is -2.17. The fraction of sp³-hybridized carbons (Fsp3) is 0.357. The summed E-state index contributed by atoms with van der Waals surface area (Å²) < 4.78 is 0.901. The molecule has 0 amide bonds. The van der Waals surface area contributed by atoms with Crippen molar-refractivity contribution in [1.29, 1.82) is 0 Å². The standard InChI is InChI=1S/C14H15N3OS2/c18-13-10-5-1-2-6-11(10)15-12(16-13)9-20-14(19)17-7-3-4-8-17/h1-2,5-6H,3-4,7-9H2,(H,15,16,18). The van der Waals surface area contributed by atoms with Crippen molar-refractivity contribution in [2.45, 2.75) is 18.6 Å². The monoisotopic (exact) mass is 305 g/mol. The number of likely N-dealkylation sites (tertiary alicyclic amines) is 1. The molecule has 2 aromatic rings. The number of thiocarbonyl (C=S) groups is 1. The van der Waals surface area contributed by atoms with Crippen LogP contribution in [0.15, 0.2) is 29.1 Å². The number of thioether (sulfide) groups is 1. The van der Waals surface area contributed by atoms with Crippen LogP contribution in [-0.2, 0) is 5.75 Å². The first-order chi connectivity index (χ1) is 9.74. The van der Waals surface area contributed by atoms with Crippen LogP contribution in [0.4, 0.5) is 0 Å². The third kappa shape index (κ3) is 2.86. The smallest absolute Gasteiger partial charge is 0.258 e. The summed E-state index contributed by atoms with van der Waals surface area (Å²) in [4.78, 5) is 21.5. The Labute approximate surface area is 126 Å². The number of nitrogens with zero attached hydrogens (tertiary/aromatic N) is 2. The minimum absolute atomic E-state index is 0.0849. The van der Waals surface area contributed by atoms with Crippen LogP contribution in [-0.4, -0.2) is 32.3 Å². The molecule has 1 aliphatic heterocycles. The highest BCUT2D eigenvalue weighted by Crippen LogP contribution is 2.19. The molecule has 1 aromatic carbocycles. The zero-order valence-electron chi connectivity index (χ0n) is 11.0. The molecule has 20 heavy (non-hydrogen) atoms. The quantitative estimate of drug-likeness (QED) is 0.864. The molecule has 2 heterocycles. The van der Waals surface area contributed by atoms with Gasteiger partial charge in [0, 0.05) is 13.1 Å². The largest absolute Gasteiger partial charge is 0.358 e. The van der Waals surface area contributed by atoms with E-state index in [1.807, 2.05) is 18.2 Å². The van der Waals surface area contributed by atoms with Crippen LogP contribution >= 0.6 is 24.0 Å². The van der Waals surface area contributed by atoms with Crippen molar-refractivity contribution < 1.29 is 0 Å². The van der Waals surface area contributed by atoms with Crippen molar-refractivity contribution in [1.82, 2.24) is 14.9 Å². The third-order valence-corrected chi connectivity index (χ3v) is 4.89. The third-order valence-electron chi connectivity index (χ3n) is 3.36. The van der Waals surface area contributed by atoms with Gasteiger partial charge in [0.15, 0.2) is 0 Å². The van der Waals surface area contributed by atoms with Gasteiger partial charge in [0.25, 0.3) is 5.56 Å². The molecule has 0 aliphatic carbocycles. The number of benzene rings is 1. The minimum Gasteiger partial charge on any atom is -0.358 e. The van der Waals surface area contributed by atoms with E-state index >= 15 is 0 Å². The van der Waals surface area contributed by atoms with Gasteiger partial charge < -0.3 is 9.88 Å². The van der Waals surface area contributed by atoms with E-state index in [-0.39, 0.29) is 5.56 Å². The van der Waals surface area contributed by atoms with Gasteiger partial charge in [-0.1, -0.05) is 36.1 Å². The van der Waals surface area contributed by atoms with E-state index in [2.05, 4.69) is 14.9 Å². The Bertz CT molecular complexity index is 692. The summed E-state index contributed by atoms with van der Waals surface area (Å²) in [5, 5.41) is 0.628. The highest BCUT2D eigenvalue weighted by atomic mass is 32.2. The van der Waals surface area contributed by atoms with Crippen LogP contribution in [0.25, 0.3) is 10.9 Å². The molecular formula is C14H15N3OS2. The van der Waals surface area contributed by atoms with Gasteiger partial charge >= 0.3 is 0 Å². The van der Waals surface area contributed by atoms with Crippen LogP contribution in [0.1, 0.15) is 18.7 Å². The number of aromatic amines is 1. The Morgan fingerprint density at radius 1 is 1.35 bits per heavy atom. The Balaban J connectivity index is 1.74. The van der Waals surface area contributed by atoms with Crippen molar-refractivity contribution in [2.24, 2.45) is 0 Å². The van der Waals surface area contributed by atoms with E-state index < -0.39 is 0 Å². The molecule has 0 saturated carbocycles. The lowest BCUT2D eigenvalue weighted by Crippen LogP contribution is -2.23. The first kappa shape index (κ1) is 13.6. The highest BCUT2D eigenvalue weighted by Gasteiger charge is 2.15. The number of hydrogen-bond acceptors (Lipinski definition) is 4. The number of hydrogen-bond donors (Lipinski definition) is 1. The molecule has 4 nitrogen and oxygen atoms in total. The summed E-state index contributed by atoms with van der Waals surface area (Å²) in [5.41, 5.74) is 0.650. The van der Waals surface area contributed by atoms with Gasteiger partial charge in [-0.05, 0) is 25.0 Å². The molecule has 0 atom stereocenters. The Kier molecular flexibility index (Phi) is 4.03. The zero-order valence-corrected chi connectivity index (χ0v) is 12.6. The van der Waals surface area contributed by atoms with Crippen molar-refractivity contribution in [3.05, 3.63) is 40.4 Å². The molecule has 1 fully saturated rings. The molecule has 6 heteroatoms. The van der Waals surface area contributed by atoms with Crippen LogP contribution in [0.2, 0.25) is 0 Å². The number of nitrogens with one attached hydrogen (secondary N) is 1. The number of aromatic nitrogens is 2. The summed E-state index contributed by atoms with van der Waals surface area (Å²) in [6.07, 6.45) is 2.43. The number of rotatable bonds is 2. The predicted molar refractivity (Wildman–Crippen MR) is 87.1 cm³/mol. The maximum Gasteiger partial charge on any atom is 0.258 e. The summed E-state index contributed by atoms with van der Waals surface area (Å²) in [5.74, 6) is 1.29. The van der Waals surface area contributed by atoms with E-state index in [1.54, 1.807) is 17.8 Å². The normalized spacial score (nSPS) is 14.9. The van der Waals surface area contributed by atoms with Crippen LogP contribution in [0.5, 0.6) is 0 Å². The molecule has 0 unspecified atom stereocenters. The molecular weight excluding hydrogens is 290 g/mol. The lowest BCUT2D eigenvalue weighted by atomic mass is 10.2. The summed E-state index contributed by atoms with van der Waals surface area (Å²) in [6.45, 7) is 2.10. The summed E-state index contributed by atoms with van der Waals surface area (Å²) >= 11 is 6.98. The average molecular weight is 305 g/mol. The Hall–Kier alpha value is -1.40. The number of para-hydroxylation sites is 1. The molecule has 1 N–H and O–H groups in total. The van der Waals surface area contributed by atoms with Gasteiger partial charge in [-0.3, -0.25) is 4.79 Å². The lowest BCUT2D eigenvalue weighted by molar-refractivity contribution is 0.539. The first-order valence-corrected chi connectivity index (χ1v) is 8.03. The minimum atomic E-state index is -0.0849. The first-order valence-electron chi connectivity index (χ1n) is 6.64. The van der Waals surface area contributed by atoms with Crippen molar-refractivity contribution in [3.63, 3.8) is 0 Å². The maximum absolute atomic E-state index is 12.0. The molecule has 3 rings (SSSR count). The van der Waals surface area contributed by atoms with Gasteiger partial charge in [-0.2, -0.15) is 0 Å². The van der Waals surface area contributed by atoms with Gasteiger partial charge in [-0.25, -0.2) is 4.98 Å². The average Bonchev–Trinajstić information content (AvgIpc) is 2.99. The Morgan fingerprint density at radius 2 is 2.10 bits per heavy atom. The second-order valence-electron chi connectivity index (χ2n) is 4.78. The fourth-order valence-corrected chi connectivity index (χ4v) is 3.45. The topological polar surface area (TPSA) is 49.0 Å². The van der Waals surface area contributed by atoms with Crippen LogP contribution in [0, 0.1) is 0 Å². The molecule has 0 radical (unpaired) electrons. The van der Waals surface area contributed by atoms with Gasteiger partial charge in [0.05, 0.1) is 16.7 Å². The predicted octanol–water partition coefficient (Wildman–Crippen LogP) is 2.54. The van der Waals surface area contributed by atoms with E-state index in [4.69, 9.17) is 12.2 Å². The van der Waals surface area contributed by atoms with Gasteiger partial charge in [0.1, 0.15) is 10.1 Å². The maximum atomic E-state index is 12.0. The van der Waals surface area contributed by atoms with Crippen LogP contribution < -0.4 is 5.56 Å². The Morgan fingerprint density at radius 3 is 2.90 bits per heavy atom. The highest BCUT2D eigenvalue weighted by molar-refractivity contribution is 8.22. The number of fused-ring (bicyclic) bond motifs is 1. The van der Waals surface area contributed by atoms with Crippen molar-refractivity contribution in [2.75, 3.05) is 13.1 Å². The second-order valence-corrected chi connectivity index (χ2v) is 6.39.